The Labute approximate surface area is 175 Å². The average Bonchev–Trinajstić information content (AvgIpc) is 2.78. The summed E-state index contributed by atoms with van der Waals surface area (Å²) in [5, 5.41) is 2.83. The Morgan fingerprint density at radius 2 is 1.87 bits per heavy atom. The van der Waals surface area contributed by atoms with E-state index >= 15 is 0 Å². The van der Waals surface area contributed by atoms with Gasteiger partial charge in [-0.2, -0.15) is 4.31 Å². The number of benzene rings is 2. The molecule has 1 amide bonds. The monoisotopic (exact) mass is 432 g/mol. The highest BCUT2D eigenvalue weighted by Crippen LogP contribution is 2.30. The van der Waals surface area contributed by atoms with Gasteiger partial charge in [0, 0.05) is 18.7 Å². The third-order valence-corrected chi connectivity index (χ3v) is 7.01. The van der Waals surface area contributed by atoms with Crippen molar-refractivity contribution in [1.29, 1.82) is 0 Å². The number of carbonyl (C=O) groups is 1. The molecule has 30 heavy (non-hydrogen) atoms. The molecule has 0 bridgehead atoms. The van der Waals surface area contributed by atoms with Gasteiger partial charge in [-0.3, -0.25) is 4.79 Å². The lowest BCUT2D eigenvalue weighted by molar-refractivity contribution is 0.0730. The van der Waals surface area contributed by atoms with E-state index in [1.165, 1.54) is 16.4 Å². The highest BCUT2D eigenvalue weighted by atomic mass is 32.2. The van der Waals surface area contributed by atoms with Gasteiger partial charge in [0.2, 0.25) is 10.0 Å². The summed E-state index contributed by atoms with van der Waals surface area (Å²) in [5.41, 5.74) is 1.01. The van der Waals surface area contributed by atoms with Crippen LogP contribution in [0, 0.1) is 6.92 Å². The number of ether oxygens (including phenoxy) is 3. The van der Waals surface area contributed by atoms with Crippen LogP contribution in [0.3, 0.4) is 0 Å². The van der Waals surface area contributed by atoms with E-state index in [2.05, 4.69) is 5.32 Å². The van der Waals surface area contributed by atoms with Crippen molar-refractivity contribution in [2.45, 2.75) is 17.9 Å². The zero-order chi connectivity index (χ0) is 21.1. The molecule has 2 aliphatic heterocycles. The zero-order valence-electron chi connectivity index (χ0n) is 16.7. The molecule has 8 nitrogen and oxygen atoms in total. The van der Waals surface area contributed by atoms with E-state index in [4.69, 9.17) is 14.2 Å². The Hall–Kier alpha value is -2.62. The van der Waals surface area contributed by atoms with Gasteiger partial charge in [0.05, 0.1) is 24.7 Å². The highest BCUT2D eigenvalue weighted by Gasteiger charge is 2.28. The molecular formula is C21H24N2O6S. The van der Waals surface area contributed by atoms with Crippen LogP contribution in [0.1, 0.15) is 15.9 Å². The molecular weight excluding hydrogens is 408 g/mol. The van der Waals surface area contributed by atoms with E-state index in [1.807, 2.05) is 24.3 Å². The van der Waals surface area contributed by atoms with Gasteiger partial charge in [-0.05, 0) is 36.8 Å². The van der Waals surface area contributed by atoms with Crippen molar-refractivity contribution < 1.29 is 27.4 Å². The molecule has 1 unspecified atom stereocenters. The van der Waals surface area contributed by atoms with Crippen LogP contribution >= 0.6 is 0 Å². The molecule has 0 aromatic heterocycles. The van der Waals surface area contributed by atoms with E-state index < -0.39 is 10.0 Å². The molecule has 1 saturated heterocycles. The molecule has 9 heteroatoms. The van der Waals surface area contributed by atoms with Gasteiger partial charge in [-0.15, -0.1) is 0 Å². The fourth-order valence-corrected chi connectivity index (χ4v) is 4.84. The SMILES string of the molecule is Cc1ccc(S(=O)(=O)N2CCOCC2)cc1C(=O)NCC1COc2ccccc2O1. The first-order valence-corrected chi connectivity index (χ1v) is 11.2. The maximum Gasteiger partial charge on any atom is 0.251 e. The average molecular weight is 432 g/mol. The van der Waals surface area contributed by atoms with E-state index in [0.29, 0.717) is 55.5 Å². The molecule has 0 spiro atoms. The van der Waals surface area contributed by atoms with Gasteiger partial charge in [0.1, 0.15) is 12.7 Å². The van der Waals surface area contributed by atoms with Crippen LogP contribution in [0.25, 0.3) is 0 Å². The molecule has 2 heterocycles. The van der Waals surface area contributed by atoms with Gasteiger partial charge in [0.25, 0.3) is 5.91 Å². The normalized spacial score (nSPS) is 19.3. The molecule has 0 radical (unpaired) electrons. The Balaban J connectivity index is 1.45. The van der Waals surface area contributed by atoms with Crippen LogP contribution in [0.2, 0.25) is 0 Å². The van der Waals surface area contributed by atoms with Gasteiger partial charge in [-0.1, -0.05) is 18.2 Å². The van der Waals surface area contributed by atoms with Crippen LogP contribution in [0.4, 0.5) is 0 Å². The first kappa shape index (κ1) is 20.6. The molecule has 0 saturated carbocycles. The Morgan fingerprint density at radius 1 is 1.13 bits per heavy atom. The van der Waals surface area contributed by atoms with Crippen molar-refractivity contribution in [3.8, 4) is 11.5 Å². The summed E-state index contributed by atoms with van der Waals surface area (Å²) >= 11 is 0. The summed E-state index contributed by atoms with van der Waals surface area (Å²) in [4.78, 5) is 12.9. The lowest BCUT2D eigenvalue weighted by atomic mass is 10.1. The number of nitrogens with zero attached hydrogens (tertiary/aromatic N) is 1. The number of para-hydroxylation sites is 2. The van der Waals surface area contributed by atoms with E-state index in [-0.39, 0.29) is 23.5 Å². The fourth-order valence-electron chi connectivity index (χ4n) is 3.41. The summed E-state index contributed by atoms with van der Waals surface area (Å²) in [7, 11) is -3.68. The molecule has 1 atom stereocenters. The third kappa shape index (κ3) is 4.28. The molecule has 0 aliphatic carbocycles. The number of carbonyl (C=O) groups excluding carboxylic acids is 1. The maximum absolute atomic E-state index is 12.9. The van der Waals surface area contributed by atoms with Crippen molar-refractivity contribution in [1.82, 2.24) is 9.62 Å². The quantitative estimate of drug-likeness (QED) is 0.771. The minimum absolute atomic E-state index is 0.103. The standard InChI is InChI=1S/C21H24N2O6S/c1-15-6-7-17(30(25,26)23-8-10-27-11-9-23)12-18(15)21(24)22-13-16-14-28-19-4-2-3-5-20(19)29-16/h2-7,12,16H,8-11,13-14H2,1H3,(H,22,24). The Morgan fingerprint density at radius 3 is 2.63 bits per heavy atom. The summed E-state index contributed by atoms with van der Waals surface area (Å²) in [6, 6.07) is 12.0. The van der Waals surface area contributed by atoms with Crippen molar-refractivity contribution in [2.24, 2.45) is 0 Å². The Bertz CT molecular complexity index is 1030. The van der Waals surface area contributed by atoms with E-state index in [1.54, 1.807) is 13.0 Å². The highest BCUT2D eigenvalue weighted by molar-refractivity contribution is 7.89. The molecule has 2 aromatic rings. The van der Waals surface area contributed by atoms with Crippen molar-refractivity contribution in [3.05, 3.63) is 53.6 Å². The topological polar surface area (TPSA) is 94.2 Å². The second-order valence-corrected chi connectivity index (χ2v) is 9.14. The lowest BCUT2D eigenvalue weighted by Gasteiger charge is -2.27. The first-order valence-electron chi connectivity index (χ1n) is 9.80. The number of aryl methyl sites for hydroxylation is 1. The van der Waals surface area contributed by atoms with Crippen LogP contribution in [-0.4, -0.2) is 64.2 Å². The van der Waals surface area contributed by atoms with Crippen LogP contribution in [0.5, 0.6) is 11.5 Å². The second-order valence-electron chi connectivity index (χ2n) is 7.20. The van der Waals surface area contributed by atoms with Gasteiger partial charge in [-0.25, -0.2) is 8.42 Å². The number of hydrogen-bond donors (Lipinski definition) is 1. The number of fused-ring (bicyclic) bond motifs is 1. The summed E-state index contributed by atoms with van der Waals surface area (Å²) in [5.74, 6) is 0.962. The van der Waals surface area contributed by atoms with Crippen LogP contribution in [-0.2, 0) is 14.8 Å². The van der Waals surface area contributed by atoms with Gasteiger partial charge < -0.3 is 19.5 Å². The van der Waals surface area contributed by atoms with Gasteiger partial charge >= 0.3 is 0 Å². The molecule has 160 valence electrons. The number of morpholine rings is 1. The zero-order valence-corrected chi connectivity index (χ0v) is 17.5. The minimum Gasteiger partial charge on any atom is -0.486 e. The predicted molar refractivity (Wildman–Crippen MR) is 109 cm³/mol. The lowest BCUT2D eigenvalue weighted by Crippen LogP contribution is -2.41. The van der Waals surface area contributed by atoms with Crippen LogP contribution in [0.15, 0.2) is 47.4 Å². The second kappa shape index (κ2) is 8.63. The largest absolute Gasteiger partial charge is 0.486 e. The van der Waals surface area contributed by atoms with Gasteiger partial charge in [0.15, 0.2) is 11.5 Å². The molecule has 2 aromatic carbocycles. The minimum atomic E-state index is -3.68. The number of hydrogen-bond acceptors (Lipinski definition) is 6. The molecule has 1 fully saturated rings. The predicted octanol–water partition coefficient (Wildman–Crippen LogP) is 1.59. The first-order chi connectivity index (χ1) is 14.4. The van der Waals surface area contributed by atoms with Crippen LogP contribution < -0.4 is 14.8 Å². The van der Waals surface area contributed by atoms with E-state index in [0.717, 1.165) is 0 Å². The smallest absolute Gasteiger partial charge is 0.251 e. The Kier molecular flexibility index (Phi) is 5.94. The summed E-state index contributed by atoms with van der Waals surface area (Å²) in [6.07, 6.45) is -0.329. The van der Waals surface area contributed by atoms with Crippen molar-refractivity contribution >= 4 is 15.9 Å². The van der Waals surface area contributed by atoms with Crippen molar-refractivity contribution in [3.63, 3.8) is 0 Å². The maximum atomic E-state index is 12.9. The summed E-state index contributed by atoms with van der Waals surface area (Å²) in [6.45, 7) is 3.68. The number of nitrogens with one attached hydrogen (secondary N) is 1. The fraction of sp³-hybridized carbons (Fsp3) is 0.381. The molecule has 2 aliphatic rings. The summed E-state index contributed by atoms with van der Waals surface area (Å²) < 4.78 is 43.9. The third-order valence-electron chi connectivity index (χ3n) is 5.12. The molecule has 1 N–H and O–H groups in total. The number of sulfonamides is 1. The number of rotatable bonds is 5. The molecule has 4 rings (SSSR count). The number of amides is 1. The van der Waals surface area contributed by atoms with E-state index in [9.17, 15) is 13.2 Å². The van der Waals surface area contributed by atoms with Crippen molar-refractivity contribution in [2.75, 3.05) is 39.5 Å².